The fraction of sp³-hybridized carbons (Fsp3) is 0. The Morgan fingerprint density at radius 1 is 1.12 bits per heavy atom. The predicted octanol–water partition coefficient (Wildman–Crippen LogP) is 1.92. The van der Waals surface area contributed by atoms with Gasteiger partial charge in [0, 0.05) is 23.0 Å². The average molecular weight is 229 g/mol. The maximum Gasteiger partial charge on any atom is 0.293 e. The van der Waals surface area contributed by atoms with E-state index in [0.29, 0.717) is 16.3 Å². The van der Waals surface area contributed by atoms with Crippen molar-refractivity contribution in [3.05, 3.63) is 50.9 Å². The first kappa shape index (κ1) is 9.59. The number of fused-ring (bicyclic) bond motifs is 3. The van der Waals surface area contributed by atoms with E-state index in [9.17, 15) is 14.9 Å². The van der Waals surface area contributed by atoms with Crippen LogP contribution in [0.4, 0.5) is 5.69 Å². The van der Waals surface area contributed by atoms with E-state index in [0.717, 1.165) is 0 Å². The van der Waals surface area contributed by atoms with Gasteiger partial charge >= 0.3 is 0 Å². The molecule has 17 heavy (non-hydrogen) atoms. The van der Waals surface area contributed by atoms with Crippen molar-refractivity contribution < 1.29 is 4.92 Å². The van der Waals surface area contributed by atoms with E-state index in [-0.39, 0.29) is 16.8 Å². The van der Waals surface area contributed by atoms with Gasteiger partial charge in [-0.25, -0.2) is 0 Å². The highest BCUT2D eigenvalue weighted by atomic mass is 16.6. The second-order valence-electron chi connectivity index (χ2n) is 3.68. The molecule has 6 nitrogen and oxygen atoms in total. The second kappa shape index (κ2) is 3.18. The summed E-state index contributed by atoms with van der Waals surface area (Å²) in [5.74, 6) is 0. The standard InChI is InChI=1S/C11H7N3O3/c15-11-10-7(4-5-12-10)6-2-1-3-8(14(16)17)9(6)13-11/h1-5,12H,(H,13,15). The summed E-state index contributed by atoms with van der Waals surface area (Å²) in [4.78, 5) is 27.4. The van der Waals surface area contributed by atoms with Crippen molar-refractivity contribution in [2.24, 2.45) is 0 Å². The Bertz CT molecular complexity index is 800. The minimum Gasteiger partial charge on any atom is -0.357 e. The number of H-pyrrole nitrogens is 2. The maximum absolute atomic E-state index is 11.7. The lowest BCUT2D eigenvalue weighted by Gasteiger charge is -2.00. The molecule has 0 amide bonds. The van der Waals surface area contributed by atoms with Crippen molar-refractivity contribution in [2.75, 3.05) is 0 Å². The summed E-state index contributed by atoms with van der Waals surface area (Å²) in [7, 11) is 0. The summed E-state index contributed by atoms with van der Waals surface area (Å²) in [5.41, 5.74) is 0.238. The molecule has 0 aliphatic heterocycles. The molecule has 0 radical (unpaired) electrons. The molecule has 2 heterocycles. The Balaban J connectivity index is 2.62. The minimum atomic E-state index is -0.503. The first-order valence-corrected chi connectivity index (χ1v) is 4.95. The summed E-state index contributed by atoms with van der Waals surface area (Å²) in [6.45, 7) is 0. The molecule has 0 saturated carbocycles. The first-order valence-electron chi connectivity index (χ1n) is 4.95. The zero-order chi connectivity index (χ0) is 12.0. The third-order valence-corrected chi connectivity index (χ3v) is 2.74. The number of nitro benzene ring substituents is 1. The van der Waals surface area contributed by atoms with Crippen LogP contribution < -0.4 is 5.56 Å². The number of para-hydroxylation sites is 1. The van der Waals surface area contributed by atoms with Crippen molar-refractivity contribution in [3.63, 3.8) is 0 Å². The number of hydrogen-bond donors (Lipinski definition) is 2. The van der Waals surface area contributed by atoms with Crippen LogP contribution in [-0.4, -0.2) is 14.9 Å². The van der Waals surface area contributed by atoms with Gasteiger partial charge < -0.3 is 9.97 Å². The van der Waals surface area contributed by atoms with Crippen molar-refractivity contribution in [1.82, 2.24) is 9.97 Å². The van der Waals surface area contributed by atoms with Crippen molar-refractivity contribution >= 4 is 27.5 Å². The molecule has 6 heteroatoms. The maximum atomic E-state index is 11.7. The second-order valence-corrected chi connectivity index (χ2v) is 3.68. The van der Waals surface area contributed by atoms with Gasteiger partial charge in [0.15, 0.2) is 0 Å². The fourth-order valence-corrected chi connectivity index (χ4v) is 2.01. The zero-order valence-electron chi connectivity index (χ0n) is 8.56. The molecule has 0 unspecified atom stereocenters. The zero-order valence-corrected chi connectivity index (χ0v) is 8.56. The molecule has 0 aliphatic rings. The van der Waals surface area contributed by atoms with Gasteiger partial charge in [0.2, 0.25) is 0 Å². The third-order valence-electron chi connectivity index (χ3n) is 2.74. The smallest absolute Gasteiger partial charge is 0.293 e. The van der Waals surface area contributed by atoms with Crippen LogP contribution in [0.1, 0.15) is 0 Å². The van der Waals surface area contributed by atoms with Gasteiger partial charge in [-0.05, 0) is 6.07 Å². The number of aromatic amines is 2. The van der Waals surface area contributed by atoms with E-state index in [4.69, 9.17) is 0 Å². The third kappa shape index (κ3) is 1.24. The van der Waals surface area contributed by atoms with Gasteiger partial charge in [0.1, 0.15) is 11.0 Å². The van der Waals surface area contributed by atoms with Crippen LogP contribution in [0.3, 0.4) is 0 Å². The molecular formula is C11H7N3O3. The Hall–Kier alpha value is -2.63. The van der Waals surface area contributed by atoms with Crippen LogP contribution in [0.2, 0.25) is 0 Å². The Kier molecular flexibility index (Phi) is 1.79. The highest BCUT2D eigenvalue weighted by molar-refractivity contribution is 6.06. The molecule has 0 aliphatic carbocycles. The highest BCUT2D eigenvalue weighted by Gasteiger charge is 2.15. The van der Waals surface area contributed by atoms with Crippen LogP contribution in [0.25, 0.3) is 21.8 Å². The van der Waals surface area contributed by atoms with E-state index in [1.165, 1.54) is 6.07 Å². The van der Waals surface area contributed by atoms with Crippen LogP contribution in [0.15, 0.2) is 35.3 Å². The SMILES string of the molecule is O=c1[nH]c2c([N+](=O)[O-])cccc2c2cc[nH]c12. The monoisotopic (exact) mass is 229 g/mol. The van der Waals surface area contributed by atoms with Crippen LogP contribution in [-0.2, 0) is 0 Å². The lowest BCUT2D eigenvalue weighted by Crippen LogP contribution is -2.07. The Morgan fingerprint density at radius 3 is 2.65 bits per heavy atom. The predicted molar refractivity (Wildman–Crippen MR) is 63.1 cm³/mol. The molecular weight excluding hydrogens is 222 g/mol. The van der Waals surface area contributed by atoms with Crippen LogP contribution in [0.5, 0.6) is 0 Å². The molecule has 3 aromatic rings. The number of pyridine rings is 1. The largest absolute Gasteiger partial charge is 0.357 e. The lowest BCUT2D eigenvalue weighted by molar-refractivity contribution is -0.383. The lowest BCUT2D eigenvalue weighted by atomic mass is 10.1. The van der Waals surface area contributed by atoms with Gasteiger partial charge in [-0.2, -0.15) is 0 Å². The number of hydrogen-bond acceptors (Lipinski definition) is 3. The van der Waals surface area contributed by atoms with Gasteiger partial charge in [0.05, 0.1) is 4.92 Å². The van der Waals surface area contributed by atoms with Crippen molar-refractivity contribution in [3.8, 4) is 0 Å². The molecule has 0 bridgehead atoms. The summed E-state index contributed by atoms with van der Waals surface area (Å²) < 4.78 is 0. The molecule has 0 fully saturated rings. The molecule has 3 rings (SSSR count). The number of aromatic nitrogens is 2. The van der Waals surface area contributed by atoms with Gasteiger partial charge in [0.25, 0.3) is 11.2 Å². The normalized spacial score (nSPS) is 11.1. The Labute approximate surface area is 94.0 Å². The molecule has 2 aromatic heterocycles. The number of nitrogens with zero attached hydrogens (tertiary/aromatic N) is 1. The first-order chi connectivity index (χ1) is 8.18. The number of benzene rings is 1. The fourth-order valence-electron chi connectivity index (χ4n) is 2.01. The van der Waals surface area contributed by atoms with Crippen molar-refractivity contribution in [2.45, 2.75) is 0 Å². The summed E-state index contributed by atoms with van der Waals surface area (Å²) >= 11 is 0. The summed E-state index contributed by atoms with van der Waals surface area (Å²) in [5, 5.41) is 12.2. The molecule has 0 saturated heterocycles. The van der Waals surface area contributed by atoms with Crippen molar-refractivity contribution in [1.29, 1.82) is 0 Å². The van der Waals surface area contributed by atoms with E-state index in [2.05, 4.69) is 9.97 Å². The summed E-state index contributed by atoms with van der Waals surface area (Å²) in [6, 6.07) is 6.45. The van der Waals surface area contributed by atoms with E-state index < -0.39 is 4.92 Å². The number of nitrogens with one attached hydrogen (secondary N) is 2. The molecule has 1 aromatic carbocycles. The van der Waals surface area contributed by atoms with Crippen LogP contribution in [0, 0.1) is 10.1 Å². The summed E-state index contributed by atoms with van der Waals surface area (Å²) in [6.07, 6.45) is 1.64. The highest BCUT2D eigenvalue weighted by Crippen LogP contribution is 2.27. The average Bonchev–Trinajstić information content (AvgIpc) is 2.78. The Morgan fingerprint density at radius 2 is 1.88 bits per heavy atom. The topological polar surface area (TPSA) is 91.8 Å². The minimum absolute atomic E-state index is 0.0947. The number of rotatable bonds is 1. The molecule has 0 atom stereocenters. The quantitative estimate of drug-likeness (QED) is 0.493. The van der Waals surface area contributed by atoms with Crippen LogP contribution >= 0.6 is 0 Å². The van der Waals surface area contributed by atoms with E-state index in [1.54, 1.807) is 24.4 Å². The van der Waals surface area contributed by atoms with Gasteiger partial charge in [-0.15, -0.1) is 0 Å². The van der Waals surface area contributed by atoms with E-state index >= 15 is 0 Å². The number of non-ortho nitro benzene ring substituents is 1. The molecule has 84 valence electrons. The molecule has 0 spiro atoms. The van der Waals surface area contributed by atoms with Gasteiger partial charge in [-0.3, -0.25) is 14.9 Å². The van der Waals surface area contributed by atoms with E-state index in [1.807, 2.05) is 0 Å². The molecule has 2 N–H and O–H groups in total. The number of nitro groups is 1. The van der Waals surface area contributed by atoms with Gasteiger partial charge in [-0.1, -0.05) is 12.1 Å².